The Bertz CT molecular complexity index is 807. The first-order valence-electron chi connectivity index (χ1n) is 7.51. The number of benzene rings is 1. The van der Waals surface area contributed by atoms with E-state index in [0.29, 0.717) is 0 Å². The fourth-order valence-corrected chi connectivity index (χ4v) is 2.11. The summed E-state index contributed by atoms with van der Waals surface area (Å²) in [7, 11) is 2.78. The van der Waals surface area contributed by atoms with Crippen LogP contribution in [0.25, 0.3) is 0 Å². The second-order valence-electron chi connectivity index (χ2n) is 4.96. The summed E-state index contributed by atoms with van der Waals surface area (Å²) in [6, 6.07) is 5.22. The van der Waals surface area contributed by atoms with Crippen molar-refractivity contribution < 1.29 is 32.6 Å². The minimum absolute atomic E-state index is 0.0116. The van der Waals surface area contributed by atoms with Crippen LogP contribution >= 0.6 is 0 Å². The van der Waals surface area contributed by atoms with Crippen LogP contribution in [0.5, 0.6) is 11.5 Å². The predicted octanol–water partition coefficient (Wildman–Crippen LogP) is 2.46. The molecule has 26 heavy (non-hydrogen) atoms. The van der Waals surface area contributed by atoms with Crippen molar-refractivity contribution in [1.29, 1.82) is 0 Å². The Hall–Kier alpha value is -3.17. The van der Waals surface area contributed by atoms with Crippen molar-refractivity contribution in [3.8, 4) is 11.5 Å². The number of carbonyl (C=O) groups excluding carboxylic acids is 2. The van der Waals surface area contributed by atoms with Gasteiger partial charge in [0, 0.05) is 24.9 Å². The Morgan fingerprint density at radius 3 is 2.62 bits per heavy atom. The molecule has 0 aliphatic carbocycles. The number of rotatable bonds is 7. The zero-order valence-corrected chi connectivity index (χ0v) is 14.3. The number of anilines is 1. The number of methoxy groups -OCH3 is 1. The number of alkyl halides is 2. The van der Waals surface area contributed by atoms with Crippen LogP contribution < -0.4 is 14.8 Å². The highest BCUT2D eigenvalue weighted by Crippen LogP contribution is 2.31. The van der Waals surface area contributed by atoms with Crippen molar-refractivity contribution in [2.45, 2.75) is 13.5 Å². The molecule has 0 unspecified atom stereocenters. The number of amides is 1. The van der Waals surface area contributed by atoms with Crippen LogP contribution in [0.2, 0.25) is 0 Å². The summed E-state index contributed by atoms with van der Waals surface area (Å²) in [6.07, 6.45) is 0. The molecular weight excluding hydrogens is 352 g/mol. The number of ether oxygens (including phenoxy) is 3. The van der Waals surface area contributed by atoms with E-state index in [4.69, 9.17) is 9.47 Å². The molecule has 1 heterocycles. The fourth-order valence-electron chi connectivity index (χ4n) is 2.11. The van der Waals surface area contributed by atoms with E-state index in [1.54, 1.807) is 6.92 Å². The maximum atomic E-state index is 12.3. The molecule has 0 fully saturated rings. The number of nitrogens with one attached hydrogen (secondary N) is 1. The van der Waals surface area contributed by atoms with Crippen LogP contribution in [0.15, 0.2) is 24.3 Å². The average Bonchev–Trinajstić information content (AvgIpc) is 2.98. The zero-order chi connectivity index (χ0) is 19.3. The molecule has 2 rings (SSSR count). The predicted molar refractivity (Wildman–Crippen MR) is 86.7 cm³/mol. The lowest BCUT2D eigenvalue weighted by atomic mass is 10.2. The standard InChI is InChI=1S/C16H17F2N3O5/c1-4-25-15(23)11-8-10(20-21(11)2)14(22)19-9-5-6-12(26-16(17)18)13(7-9)24-3/h5-8,16H,4H2,1-3H3,(H,19,22). The summed E-state index contributed by atoms with van der Waals surface area (Å²) >= 11 is 0. The molecular formula is C16H17F2N3O5. The quantitative estimate of drug-likeness (QED) is 0.754. The topological polar surface area (TPSA) is 91.7 Å². The first kappa shape index (κ1) is 19.2. The van der Waals surface area contributed by atoms with Gasteiger partial charge in [0.15, 0.2) is 17.2 Å². The van der Waals surface area contributed by atoms with Crippen molar-refractivity contribution in [3.05, 3.63) is 35.7 Å². The van der Waals surface area contributed by atoms with Gasteiger partial charge in [-0.25, -0.2) is 4.79 Å². The Kier molecular flexibility index (Phi) is 6.10. The molecule has 0 atom stereocenters. The Labute approximate surface area is 147 Å². The highest BCUT2D eigenvalue weighted by Gasteiger charge is 2.19. The van der Waals surface area contributed by atoms with Gasteiger partial charge in [-0.2, -0.15) is 13.9 Å². The SMILES string of the molecule is CCOC(=O)c1cc(C(=O)Nc2ccc(OC(F)F)c(OC)c2)nn1C. The fraction of sp³-hybridized carbons (Fsp3) is 0.312. The van der Waals surface area contributed by atoms with Crippen molar-refractivity contribution in [3.63, 3.8) is 0 Å². The summed E-state index contributed by atoms with van der Waals surface area (Å²) in [5.74, 6) is -1.34. The number of hydrogen-bond acceptors (Lipinski definition) is 6. The lowest BCUT2D eigenvalue weighted by Gasteiger charge is -2.11. The minimum Gasteiger partial charge on any atom is -0.493 e. The molecule has 140 valence electrons. The summed E-state index contributed by atoms with van der Waals surface area (Å²) in [4.78, 5) is 24.1. The first-order chi connectivity index (χ1) is 12.3. The lowest BCUT2D eigenvalue weighted by Crippen LogP contribution is -2.13. The number of carbonyl (C=O) groups is 2. The second kappa shape index (κ2) is 8.28. The highest BCUT2D eigenvalue weighted by atomic mass is 19.3. The Balaban J connectivity index is 2.17. The lowest BCUT2D eigenvalue weighted by molar-refractivity contribution is -0.0512. The number of nitrogens with zero attached hydrogens (tertiary/aromatic N) is 2. The van der Waals surface area contributed by atoms with Crippen molar-refractivity contribution in [2.24, 2.45) is 7.05 Å². The third kappa shape index (κ3) is 4.47. The van der Waals surface area contributed by atoms with Gasteiger partial charge in [-0.05, 0) is 19.1 Å². The number of esters is 1. The molecule has 1 amide bonds. The number of hydrogen-bond donors (Lipinski definition) is 1. The maximum absolute atomic E-state index is 12.3. The number of aromatic nitrogens is 2. The molecule has 0 radical (unpaired) electrons. The van der Waals surface area contributed by atoms with Crippen molar-refractivity contribution in [2.75, 3.05) is 19.0 Å². The van der Waals surface area contributed by atoms with Gasteiger partial charge >= 0.3 is 12.6 Å². The summed E-state index contributed by atoms with van der Waals surface area (Å²) in [5.41, 5.74) is 0.384. The molecule has 1 aromatic heterocycles. The van der Waals surface area contributed by atoms with Gasteiger partial charge in [0.25, 0.3) is 5.91 Å². The van der Waals surface area contributed by atoms with E-state index in [1.165, 1.54) is 43.1 Å². The van der Waals surface area contributed by atoms with Crippen molar-refractivity contribution >= 4 is 17.6 Å². The van der Waals surface area contributed by atoms with Crippen LogP contribution in [-0.4, -0.2) is 42.0 Å². The van der Waals surface area contributed by atoms with Crippen LogP contribution in [-0.2, 0) is 11.8 Å². The highest BCUT2D eigenvalue weighted by molar-refractivity contribution is 6.04. The molecule has 1 N–H and O–H groups in total. The van der Waals surface area contributed by atoms with Crippen LogP contribution in [0.1, 0.15) is 27.9 Å². The smallest absolute Gasteiger partial charge is 0.387 e. The Morgan fingerprint density at radius 1 is 1.27 bits per heavy atom. The van der Waals surface area contributed by atoms with Gasteiger partial charge in [-0.1, -0.05) is 0 Å². The number of aryl methyl sites for hydroxylation is 1. The van der Waals surface area contributed by atoms with Crippen LogP contribution in [0, 0.1) is 0 Å². The van der Waals surface area contributed by atoms with E-state index in [-0.39, 0.29) is 35.2 Å². The number of halogens is 2. The van der Waals surface area contributed by atoms with E-state index < -0.39 is 18.5 Å². The van der Waals surface area contributed by atoms with E-state index in [0.717, 1.165) is 0 Å². The third-order valence-electron chi connectivity index (χ3n) is 3.23. The normalized spacial score (nSPS) is 10.5. The molecule has 10 heteroatoms. The van der Waals surface area contributed by atoms with Gasteiger partial charge in [0.2, 0.25) is 0 Å². The van der Waals surface area contributed by atoms with Crippen molar-refractivity contribution in [1.82, 2.24) is 9.78 Å². The third-order valence-corrected chi connectivity index (χ3v) is 3.23. The van der Waals surface area contributed by atoms with Crippen LogP contribution in [0.4, 0.5) is 14.5 Å². The van der Waals surface area contributed by atoms with E-state index in [9.17, 15) is 18.4 Å². The van der Waals surface area contributed by atoms with E-state index in [1.807, 2.05) is 0 Å². The average molecular weight is 369 g/mol. The van der Waals surface area contributed by atoms with Gasteiger partial charge in [-0.3, -0.25) is 9.48 Å². The molecule has 0 bridgehead atoms. The summed E-state index contributed by atoms with van der Waals surface area (Å²) < 4.78 is 40.0. The minimum atomic E-state index is -3.00. The second-order valence-corrected chi connectivity index (χ2v) is 4.96. The largest absolute Gasteiger partial charge is 0.493 e. The van der Waals surface area contributed by atoms with E-state index in [2.05, 4.69) is 15.2 Å². The molecule has 2 aromatic rings. The summed E-state index contributed by atoms with van der Waals surface area (Å²) in [6.45, 7) is -1.14. The Morgan fingerprint density at radius 2 is 2.00 bits per heavy atom. The molecule has 1 aromatic carbocycles. The molecule has 0 spiro atoms. The molecule has 0 aliphatic heterocycles. The zero-order valence-electron chi connectivity index (χ0n) is 14.3. The molecule has 8 nitrogen and oxygen atoms in total. The first-order valence-corrected chi connectivity index (χ1v) is 7.51. The van der Waals surface area contributed by atoms with Gasteiger partial charge in [0.1, 0.15) is 5.69 Å². The van der Waals surface area contributed by atoms with Gasteiger partial charge in [-0.15, -0.1) is 0 Å². The van der Waals surface area contributed by atoms with Gasteiger partial charge < -0.3 is 19.5 Å². The van der Waals surface area contributed by atoms with Crippen LogP contribution in [0.3, 0.4) is 0 Å². The maximum Gasteiger partial charge on any atom is 0.387 e. The van der Waals surface area contributed by atoms with E-state index >= 15 is 0 Å². The molecule has 0 saturated heterocycles. The molecule has 0 saturated carbocycles. The monoisotopic (exact) mass is 369 g/mol. The summed E-state index contributed by atoms with van der Waals surface area (Å²) in [5, 5.41) is 6.49. The molecule has 0 aliphatic rings. The van der Waals surface area contributed by atoms with Gasteiger partial charge in [0.05, 0.1) is 13.7 Å².